The summed E-state index contributed by atoms with van der Waals surface area (Å²) in [5, 5.41) is 15.3. The Morgan fingerprint density at radius 3 is 2.80 bits per heavy atom. The van der Waals surface area contributed by atoms with Crippen LogP contribution < -0.4 is 5.32 Å². The van der Waals surface area contributed by atoms with Crippen molar-refractivity contribution in [3.05, 3.63) is 73.6 Å². The van der Waals surface area contributed by atoms with Crippen molar-refractivity contribution in [3.63, 3.8) is 0 Å². The van der Waals surface area contributed by atoms with Gasteiger partial charge in [0, 0.05) is 26.1 Å². The second-order valence-electron chi connectivity index (χ2n) is 5.35. The van der Waals surface area contributed by atoms with Crippen molar-refractivity contribution in [2.45, 2.75) is 6.92 Å². The number of allylic oxidation sites excluding steroid dienone is 1. The molecule has 124 valence electrons. The number of thiazole rings is 1. The molecule has 0 bridgehead atoms. The van der Waals surface area contributed by atoms with E-state index in [0.29, 0.717) is 10.6 Å². The van der Waals surface area contributed by atoms with Gasteiger partial charge in [0.2, 0.25) is 0 Å². The van der Waals surface area contributed by atoms with Gasteiger partial charge in [-0.15, -0.1) is 11.3 Å². The van der Waals surface area contributed by atoms with E-state index in [1.165, 1.54) is 16.9 Å². The van der Waals surface area contributed by atoms with Crippen molar-refractivity contribution in [1.29, 1.82) is 5.26 Å². The van der Waals surface area contributed by atoms with Crippen LogP contribution >= 0.6 is 43.2 Å². The second kappa shape index (κ2) is 7.96. The molecular weight excluding hydrogens is 462 g/mol. The summed E-state index contributed by atoms with van der Waals surface area (Å²) in [4.78, 5) is 4.60. The summed E-state index contributed by atoms with van der Waals surface area (Å²) in [7, 11) is 0. The molecule has 1 aromatic heterocycles. The summed E-state index contributed by atoms with van der Waals surface area (Å²) in [6.07, 6.45) is 1.69. The first kappa shape index (κ1) is 17.9. The minimum absolute atomic E-state index is 0.499. The van der Waals surface area contributed by atoms with Crippen LogP contribution in [0.2, 0.25) is 0 Å². The molecule has 0 atom stereocenters. The molecule has 0 saturated carbocycles. The first-order valence-corrected chi connectivity index (χ1v) is 9.88. The van der Waals surface area contributed by atoms with Crippen LogP contribution in [-0.2, 0) is 0 Å². The molecule has 25 heavy (non-hydrogen) atoms. The molecule has 1 N–H and O–H groups in total. The predicted molar refractivity (Wildman–Crippen MR) is 111 cm³/mol. The number of nitriles is 1. The van der Waals surface area contributed by atoms with E-state index in [2.05, 4.69) is 48.2 Å². The average molecular weight is 475 g/mol. The van der Waals surface area contributed by atoms with Gasteiger partial charge in [-0.25, -0.2) is 4.98 Å². The molecule has 2 aromatic carbocycles. The minimum Gasteiger partial charge on any atom is -0.359 e. The van der Waals surface area contributed by atoms with Crippen LogP contribution in [0.1, 0.15) is 10.6 Å². The van der Waals surface area contributed by atoms with Crippen molar-refractivity contribution in [1.82, 2.24) is 4.98 Å². The lowest BCUT2D eigenvalue weighted by Gasteiger charge is -2.05. The molecule has 3 nitrogen and oxygen atoms in total. The van der Waals surface area contributed by atoms with Crippen molar-refractivity contribution >= 4 is 54.5 Å². The molecule has 0 amide bonds. The molecule has 0 saturated heterocycles. The Kier molecular flexibility index (Phi) is 5.69. The third-order valence-electron chi connectivity index (χ3n) is 3.47. The van der Waals surface area contributed by atoms with Gasteiger partial charge >= 0.3 is 0 Å². The fourth-order valence-corrected chi connectivity index (χ4v) is 4.01. The highest BCUT2D eigenvalue weighted by atomic mass is 79.9. The summed E-state index contributed by atoms with van der Waals surface area (Å²) in [5.41, 5.74) is 4.45. The third kappa shape index (κ3) is 4.37. The van der Waals surface area contributed by atoms with E-state index in [-0.39, 0.29) is 0 Å². The first-order valence-electron chi connectivity index (χ1n) is 7.41. The van der Waals surface area contributed by atoms with Crippen LogP contribution in [0.25, 0.3) is 16.8 Å². The molecule has 0 spiro atoms. The molecule has 6 heteroatoms. The van der Waals surface area contributed by atoms with Gasteiger partial charge in [-0.2, -0.15) is 5.26 Å². The number of hydrogen-bond donors (Lipinski definition) is 1. The Morgan fingerprint density at radius 2 is 2.08 bits per heavy atom. The summed E-state index contributed by atoms with van der Waals surface area (Å²) in [6, 6.07) is 16.2. The number of hydrogen-bond acceptors (Lipinski definition) is 4. The summed E-state index contributed by atoms with van der Waals surface area (Å²) < 4.78 is 1.96. The van der Waals surface area contributed by atoms with Crippen LogP contribution in [0.15, 0.2) is 63.0 Å². The smallest absolute Gasteiger partial charge is 0.136 e. The van der Waals surface area contributed by atoms with Gasteiger partial charge in [0.15, 0.2) is 0 Å². The second-order valence-corrected chi connectivity index (χ2v) is 7.97. The van der Waals surface area contributed by atoms with Crippen molar-refractivity contribution in [2.24, 2.45) is 0 Å². The zero-order valence-corrected chi connectivity index (χ0v) is 17.2. The lowest BCUT2D eigenvalue weighted by Crippen LogP contribution is -1.92. The highest BCUT2D eigenvalue weighted by Crippen LogP contribution is 2.28. The zero-order valence-electron chi connectivity index (χ0n) is 13.3. The maximum Gasteiger partial charge on any atom is 0.136 e. The van der Waals surface area contributed by atoms with E-state index in [0.717, 1.165) is 25.9 Å². The van der Waals surface area contributed by atoms with E-state index < -0.39 is 0 Å². The van der Waals surface area contributed by atoms with Crippen LogP contribution in [-0.4, -0.2) is 4.98 Å². The number of nitrogens with one attached hydrogen (secondary N) is 1. The summed E-state index contributed by atoms with van der Waals surface area (Å²) in [6.45, 7) is 2.03. The number of benzene rings is 2. The molecule has 3 rings (SSSR count). The Labute approximate surface area is 167 Å². The number of aromatic nitrogens is 1. The van der Waals surface area contributed by atoms with E-state index >= 15 is 0 Å². The van der Waals surface area contributed by atoms with Gasteiger partial charge in [0.1, 0.15) is 16.6 Å². The van der Waals surface area contributed by atoms with E-state index in [4.69, 9.17) is 0 Å². The van der Waals surface area contributed by atoms with E-state index in [1.807, 2.05) is 54.8 Å². The quantitative estimate of drug-likeness (QED) is 0.432. The lowest BCUT2D eigenvalue weighted by molar-refractivity contribution is 1.36. The molecule has 0 aliphatic carbocycles. The predicted octanol–water partition coefficient (Wildman–Crippen LogP) is 6.62. The fraction of sp³-hybridized carbons (Fsp3) is 0.0526. The number of nitrogens with zero attached hydrogens (tertiary/aromatic N) is 2. The van der Waals surface area contributed by atoms with Gasteiger partial charge in [-0.1, -0.05) is 34.1 Å². The van der Waals surface area contributed by atoms with Gasteiger partial charge in [0.05, 0.1) is 11.4 Å². The molecule has 3 aromatic rings. The Morgan fingerprint density at radius 1 is 1.24 bits per heavy atom. The van der Waals surface area contributed by atoms with Crippen molar-refractivity contribution in [3.8, 4) is 17.3 Å². The molecule has 0 aliphatic rings. The topological polar surface area (TPSA) is 48.7 Å². The van der Waals surface area contributed by atoms with Crippen LogP contribution in [0.3, 0.4) is 0 Å². The van der Waals surface area contributed by atoms with E-state index in [9.17, 15) is 5.26 Å². The molecule has 0 unspecified atom stereocenters. The Bertz CT molecular complexity index is 986. The van der Waals surface area contributed by atoms with E-state index in [1.54, 1.807) is 6.20 Å². The first-order chi connectivity index (χ1) is 12.1. The number of rotatable bonds is 4. The highest BCUT2D eigenvalue weighted by molar-refractivity contribution is 9.10. The summed E-state index contributed by atoms with van der Waals surface area (Å²) in [5.74, 6) is 0. The molecule has 1 heterocycles. The highest BCUT2D eigenvalue weighted by Gasteiger charge is 2.09. The third-order valence-corrected chi connectivity index (χ3v) is 5.50. The number of halogens is 2. The molecular formula is C19H13Br2N3S. The Balaban J connectivity index is 1.85. The maximum absolute atomic E-state index is 9.48. The monoisotopic (exact) mass is 473 g/mol. The standard InChI is InChI=1S/C19H13Br2N3S/c1-12-5-6-17(16(21)7-12)23-10-14(9-22)19-24-18(11-25-19)13-3-2-4-15(20)8-13/h2-8,10-11,23H,1H3. The average Bonchev–Trinajstić information content (AvgIpc) is 3.07. The maximum atomic E-state index is 9.48. The lowest BCUT2D eigenvalue weighted by atomic mass is 10.2. The normalized spacial score (nSPS) is 11.2. The van der Waals surface area contributed by atoms with Crippen molar-refractivity contribution in [2.75, 3.05) is 5.32 Å². The fourth-order valence-electron chi connectivity index (χ4n) is 2.21. The van der Waals surface area contributed by atoms with Gasteiger partial charge < -0.3 is 5.32 Å². The van der Waals surface area contributed by atoms with Crippen LogP contribution in [0.4, 0.5) is 5.69 Å². The SMILES string of the molecule is Cc1ccc(NC=C(C#N)c2nc(-c3cccc(Br)c3)cs2)c(Br)c1. The number of anilines is 1. The largest absolute Gasteiger partial charge is 0.359 e. The van der Waals surface area contributed by atoms with Crippen molar-refractivity contribution < 1.29 is 0 Å². The van der Waals surface area contributed by atoms with Crippen LogP contribution in [0, 0.1) is 18.3 Å². The number of aryl methyl sites for hydroxylation is 1. The van der Waals surface area contributed by atoms with Gasteiger partial charge in [0.25, 0.3) is 0 Å². The molecule has 0 fully saturated rings. The Hall–Kier alpha value is -1.94. The summed E-state index contributed by atoms with van der Waals surface area (Å²) >= 11 is 8.45. The van der Waals surface area contributed by atoms with Gasteiger partial charge in [-0.05, 0) is 52.7 Å². The minimum atomic E-state index is 0.499. The zero-order chi connectivity index (χ0) is 17.8. The molecule has 0 aliphatic heterocycles. The van der Waals surface area contributed by atoms with Crippen LogP contribution in [0.5, 0.6) is 0 Å². The molecule has 0 radical (unpaired) electrons. The van der Waals surface area contributed by atoms with Gasteiger partial charge in [-0.3, -0.25) is 0 Å².